The van der Waals surface area contributed by atoms with Gasteiger partial charge < -0.3 is 5.32 Å². The van der Waals surface area contributed by atoms with E-state index >= 15 is 0 Å². The van der Waals surface area contributed by atoms with E-state index in [4.69, 9.17) is 0 Å². The first-order chi connectivity index (χ1) is 5.45. The minimum Gasteiger partial charge on any atom is -0.359 e. The molecule has 1 aliphatic carbocycles. The molecule has 0 bridgehead atoms. The molecule has 1 N–H and O–H groups in total. The number of aromatic nitrogens is 1. The van der Waals surface area contributed by atoms with Crippen LogP contribution in [0.2, 0.25) is 0 Å². The second kappa shape index (κ2) is 3.22. The molecule has 0 atom stereocenters. The summed E-state index contributed by atoms with van der Waals surface area (Å²) in [7, 11) is 0. The van der Waals surface area contributed by atoms with E-state index in [2.05, 4.69) is 10.3 Å². The van der Waals surface area contributed by atoms with Crippen LogP contribution in [0, 0.1) is 0 Å². The van der Waals surface area contributed by atoms with Gasteiger partial charge in [0.05, 0.1) is 0 Å². The maximum atomic E-state index is 4.19. The minimum atomic E-state index is 0.696. The molecule has 2 rings (SSSR count). The summed E-state index contributed by atoms with van der Waals surface area (Å²) in [4.78, 5) is 4.19. The monoisotopic (exact) mass is 168 g/mol. The van der Waals surface area contributed by atoms with Crippen molar-refractivity contribution in [2.75, 3.05) is 5.32 Å². The van der Waals surface area contributed by atoms with Gasteiger partial charge in [-0.2, -0.15) is 0 Å². The lowest BCUT2D eigenvalue weighted by Gasteiger charge is -2.08. The number of anilines is 1. The fraction of sp³-hybridized carbons (Fsp3) is 0.625. The predicted molar refractivity (Wildman–Crippen MR) is 48.0 cm³/mol. The van der Waals surface area contributed by atoms with Crippen molar-refractivity contribution in [2.24, 2.45) is 0 Å². The Morgan fingerprint density at radius 2 is 2.27 bits per heavy atom. The summed E-state index contributed by atoms with van der Waals surface area (Å²) in [5, 5.41) is 6.52. The molecule has 1 heterocycles. The molecular weight excluding hydrogens is 156 g/mol. The first kappa shape index (κ1) is 7.10. The van der Waals surface area contributed by atoms with E-state index in [0.717, 1.165) is 5.13 Å². The van der Waals surface area contributed by atoms with Crippen molar-refractivity contribution in [1.29, 1.82) is 0 Å². The van der Waals surface area contributed by atoms with Crippen molar-refractivity contribution in [3.05, 3.63) is 11.6 Å². The number of nitrogens with zero attached hydrogens (tertiary/aromatic N) is 1. The van der Waals surface area contributed by atoms with Gasteiger partial charge in [0.1, 0.15) is 0 Å². The fourth-order valence-electron chi connectivity index (χ4n) is 1.54. The largest absolute Gasteiger partial charge is 0.359 e. The molecule has 0 aromatic carbocycles. The van der Waals surface area contributed by atoms with Crippen LogP contribution in [0.3, 0.4) is 0 Å². The molecule has 1 aromatic rings. The third-order valence-corrected chi connectivity index (χ3v) is 2.82. The number of thiazole rings is 1. The van der Waals surface area contributed by atoms with E-state index in [1.807, 2.05) is 11.6 Å². The molecule has 0 amide bonds. The molecule has 2 nitrogen and oxygen atoms in total. The van der Waals surface area contributed by atoms with Gasteiger partial charge >= 0.3 is 0 Å². The molecule has 1 aliphatic rings. The van der Waals surface area contributed by atoms with Crippen LogP contribution in [0.5, 0.6) is 0 Å². The molecule has 0 radical (unpaired) electrons. The van der Waals surface area contributed by atoms with Gasteiger partial charge in [-0.1, -0.05) is 12.8 Å². The van der Waals surface area contributed by atoms with Crippen LogP contribution >= 0.6 is 11.3 Å². The Morgan fingerprint density at radius 3 is 2.91 bits per heavy atom. The van der Waals surface area contributed by atoms with Crippen molar-refractivity contribution in [3.63, 3.8) is 0 Å². The van der Waals surface area contributed by atoms with E-state index in [0.29, 0.717) is 6.04 Å². The summed E-state index contributed by atoms with van der Waals surface area (Å²) >= 11 is 1.69. The molecule has 1 aromatic heterocycles. The molecule has 0 saturated heterocycles. The summed E-state index contributed by atoms with van der Waals surface area (Å²) in [6, 6.07) is 0.696. The zero-order valence-electron chi connectivity index (χ0n) is 6.42. The maximum absolute atomic E-state index is 4.19. The van der Waals surface area contributed by atoms with Gasteiger partial charge in [0.25, 0.3) is 0 Å². The Hall–Kier alpha value is -0.570. The average molecular weight is 168 g/mol. The van der Waals surface area contributed by atoms with Crippen LogP contribution in [0.25, 0.3) is 0 Å². The van der Waals surface area contributed by atoms with Gasteiger partial charge in [0.2, 0.25) is 0 Å². The number of nitrogens with one attached hydrogen (secondary N) is 1. The zero-order chi connectivity index (χ0) is 7.52. The van der Waals surface area contributed by atoms with Crippen LogP contribution in [0.15, 0.2) is 11.6 Å². The number of hydrogen-bond acceptors (Lipinski definition) is 3. The highest BCUT2D eigenvalue weighted by Crippen LogP contribution is 2.22. The van der Waals surface area contributed by atoms with Crippen LogP contribution in [0.4, 0.5) is 5.13 Å². The lowest BCUT2D eigenvalue weighted by molar-refractivity contribution is 0.754. The Morgan fingerprint density at radius 1 is 1.45 bits per heavy atom. The Balaban J connectivity index is 1.90. The van der Waals surface area contributed by atoms with Gasteiger partial charge in [-0.15, -0.1) is 11.3 Å². The predicted octanol–water partition coefficient (Wildman–Crippen LogP) is 2.50. The highest BCUT2D eigenvalue weighted by atomic mass is 32.1. The number of hydrogen-bond donors (Lipinski definition) is 1. The standard InChI is InChI=1S/C8H12N2S/c1-2-4-7(3-1)10-8-9-5-6-11-8/h5-7H,1-4H2,(H,9,10). The molecule has 1 saturated carbocycles. The maximum Gasteiger partial charge on any atom is 0.182 e. The van der Waals surface area contributed by atoms with Gasteiger partial charge in [-0.3, -0.25) is 0 Å². The topological polar surface area (TPSA) is 24.9 Å². The third-order valence-electron chi connectivity index (χ3n) is 2.12. The lowest BCUT2D eigenvalue weighted by Crippen LogP contribution is -2.13. The summed E-state index contributed by atoms with van der Waals surface area (Å²) < 4.78 is 0. The average Bonchev–Trinajstić information content (AvgIpc) is 2.60. The van der Waals surface area contributed by atoms with Crippen molar-refractivity contribution in [1.82, 2.24) is 4.98 Å². The second-order valence-electron chi connectivity index (χ2n) is 2.96. The molecule has 3 heteroatoms. The van der Waals surface area contributed by atoms with E-state index in [-0.39, 0.29) is 0 Å². The zero-order valence-corrected chi connectivity index (χ0v) is 7.23. The first-order valence-corrected chi connectivity index (χ1v) is 4.99. The van der Waals surface area contributed by atoms with Crippen LogP contribution in [-0.4, -0.2) is 11.0 Å². The Bertz CT molecular complexity index is 202. The van der Waals surface area contributed by atoms with Crippen LogP contribution in [-0.2, 0) is 0 Å². The Kier molecular flexibility index (Phi) is 2.08. The van der Waals surface area contributed by atoms with Gasteiger partial charge in [0, 0.05) is 17.6 Å². The second-order valence-corrected chi connectivity index (χ2v) is 3.86. The molecule has 0 spiro atoms. The smallest absolute Gasteiger partial charge is 0.182 e. The van der Waals surface area contributed by atoms with Gasteiger partial charge in [0.15, 0.2) is 5.13 Å². The molecule has 0 unspecified atom stereocenters. The van der Waals surface area contributed by atoms with E-state index in [9.17, 15) is 0 Å². The minimum absolute atomic E-state index is 0.696. The Labute approximate surface area is 70.7 Å². The summed E-state index contributed by atoms with van der Waals surface area (Å²) in [6.45, 7) is 0. The normalized spacial score (nSPS) is 18.9. The molecule has 60 valence electrons. The summed E-state index contributed by atoms with van der Waals surface area (Å²) in [5.74, 6) is 0. The van der Waals surface area contributed by atoms with Crippen LogP contribution in [0.1, 0.15) is 25.7 Å². The third kappa shape index (κ3) is 1.71. The van der Waals surface area contributed by atoms with E-state index < -0.39 is 0 Å². The molecule has 1 fully saturated rings. The first-order valence-electron chi connectivity index (χ1n) is 4.11. The molecule has 0 aliphatic heterocycles. The van der Waals surface area contributed by atoms with Crippen molar-refractivity contribution in [3.8, 4) is 0 Å². The quantitative estimate of drug-likeness (QED) is 0.734. The van der Waals surface area contributed by atoms with Crippen LogP contribution < -0.4 is 5.32 Å². The fourth-order valence-corrected chi connectivity index (χ4v) is 2.15. The number of rotatable bonds is 2. The summed E-state index contributed by atoms with van der Waals surface area (Å²) in [6.07, 6.45) is 7.24. The SMILES string of the molecule is c1csc(NC2CCCC2)n1. The highest BCUT2D eigenvalue weighted by molar-refractivity contribution is 7.13. The van der Waals surface area contributed by atoms with Crippen molar-refractivity contribution in [2.45, 2.75) is 31.7 Å². The van der Waals surface area contributed by atoms with E-state index in [1.165, 1.54) is 25.7 Å². The lowest BCUT2D eigenvalue weighted by atomic mass is 10.3. The van der Waals surface area contributed by atoms with Gasteiger partial charge in [-0.05, 0) is 12.8 Å². The van der Waals surface area contributed by atoms with Gasteiger partial charge in [-0.25, -0.2) is 4.98 Å². The van der Waals surface area contributed by atoms with E-state index in [1.54, 1.807) is 11.3 Å². The van der Waals surface area contributed by atoms with Crippen molar-refractivity contribution < 1.29 is 0 Å². The molecule has 11 heavy (non-hydrogen) atoms. The highest BCUT2D eigenvalue weighted by Gasteiger charge is 2.14. The molecular formula is C8H12N2S. The summed E-state index contributed by atoms with van der Waals surface area (Å²) in [5.41, 5.74) is 0. The van der Waals surface area contributed by atoms with Crippen molar-refractivity contribution >= 4 is 16.5 Å².